The minimum Gasteiger partial charge on any atom is -0.497 e. The number of benzene rings is 2. The number of ketones is 1. The van der Waals surface area contributed by atoms with Gasteiger partial charge in [-0.2, -0.15) is 0 Å². The van der Waals surface area contributed by atoms with Crippen LogP contribution < -0.4 is 14.8 Å². The Morgan fingerprint density at radius 2 is 1.92 bits per heavy atom. The molecule has 0 unspecified atom stereocenters. The molecule has 0 bridgehead atoms. The highest BCUT2D eigenvalue weighted by atomic mass is 19.1. The van der Waals surface area contributed by atoms with Gasteiger partial charge in [0.25, 0.3) is 5.91 Å². The highest BCUT2D eigenvalue weighted by molar-refractivity contribution is 5.97. The van der Waals surface area contributed by atoms with Crippen molar-refractivity contribution in [2.75, 3.05) is 13.7 Å². The molecule has 0 saturated heterocycles. The first-order chi connectivity index (χ1) is 11.9. The number of methoxy groups -OCH3 is 1. The van der Waals surface area contributed by atoms with E-state index >= 15 is 0 Å². The lowest BCUT2D eigenvalue weighted by molar-refractivity contribution is -0.123. The molecule has 0 radical (unpaired) electrons. The lowest BCUT2D eigenvalue weighted by Gasteiger charge is -2.11. The molecular weight excluding hydrogens is 325 g/mol. The van der Waals surface area contributed by atoms with Gasteiger partial charge in [-0.1, -0.05) is 12.1 Å². The van der Waals surface area contributed by atoms with Crippen molar-refractivity contribution >= 4 is 11.7 Å². The van der Waals surface area contributed by atoms with Gasteiger partial charge in [0.1, 0.15) is 17.3 Å². The topological polar surface area (TPSA) is 64.6 Å². The summed E-state index contributed by atoms with van der Waals surface area (Å²) in [6.07, 6.45) is 0. The number of Topliss-reactive ketones (excluding diaryl/α,β-unsaturated/α-hetero) is 1. The minimum atomic E-state index is -0.369. The van der Waals surface area contributed by atoms with Crippen molar-refractivity contribution in [1.29, 1.82) is 0 Å². The van der Waals surface area contributed by atoms with Crippen LogP contribution in [0.3, 0.4) is 0 Å². The number of ether oxygens (including phenoxy) is 2. The van der Waals surface area contributed by atoms with Crippen molar-refractivity contribution in [1.82, 2.24) is 5.32 Å². The minimum absolute atomic E-state index is 0.190. The second-order valence-electron chi connectivity index (χ2n) is 5.57. The predicted octanol–water partition coefficient (Wildman–Crippen LogP) is 3.04. The van der Waals surface area contributed by atoms with E-state index in [1.54, 1.807) is 37.3 Å². The van der Waals surface area contributed by atoms with Gasteiger partial charge in [0, 0.05) is 6.54 Å². The van der Waals surface area contributed by atoms with Crippen LogP contribution in [0.5, 0.6) is 11.5 Å². The maximum absolute atomic E-state index is 13.5. The van der Waals surface area contributed by atoms with Crippen LogP contribution in [0.15, 0.2) is 36.4 Å². The van der Waals surface area contributed by atoms with E-state index in [2.05, 4.69) is 5.32 Å². The second-order valence-corrected chi connectivity index (χ2v) is 5.57. The molecule has 0 aliphatic rings. The molecule has 1 amide bonds. The maximum Gasteiger partial charge on any atom is 0.258 e. The summed E-state index contributed by atoms with van der Waals surface area (Å²) in [5, 5.41) is 2.65. The molecule has 0 heterocycles. The lowest BCUT2D eigenvalue weighted by Crippen LogP contribution is -2.28. The summed E-state index contributed by atoms with van der Waals surface area (Å²) >= 11 is 0. The van der Waals surface area contributed by atoms with Crippen LogP contribution in [-0.2, 0) is 11.3 Å². The zero-order valence-electron chi connectivity index (χ0n) is 14.4. The summed E-state index contributed by atoms with van der Waals surface area (Å²) in [4.78, 5) is 23.6. The number of nitrogens with one attached hydrogen (secondary N) is 1. The molecule has 0 spiro atoms. The smallest absolute Gasteiger partial charge is 0.258 e. The molecular formula is C19H20FNO4. The van der Waals surface area contributed by atoms with Crippen molar-refractivity contribution in [2.24, 2.45) is 0 Å². The number of hydrogen-bond acceptors (Lipinski definition) is 4. The molecule has 1 N–H and O–H groups in total. The van der Waals surface area contributed by atoms with E-state index in [0.717, 1.165) is 0 Å². The molecule has 2 aromatic rings. The predicted molar refractivity (Wildman–Crippen MR) is 91.5 cm³/mol. The van der Waals surface area contributed by atoms with Crippen LogP contribution in [0.25, 0.3) is 0 Å². The fraction of sp³-hybridized carbons (Fsp3) is 0.263. The van der Waals surface area contributed by atoms with Crippen molar-refractivity contribution in [2.45, 2.75) is 20.4 Å². The van der Waals surface area contributed by atoms with Gasteiger partial charge in [0.15, 0.2) is 12.4 Å². The first-order valence-electron chi connectivity index (χ1n) is 7.74. The number of hydrogen-bond donors (Lipinski definition) is 1. The Balaban J connectivity index is 1.93. The fourth-order valence-corrected chi connectivity index (χ4v) is 2.18. The lowest BCUT2D eigenvalue weighted by atomic mass is 10.1. The largest absolute Gasteiger partial charge is 0.497 e. The summed E-state index contributed by atoms with van der Waals surface area (Å²) in [5.74, 6) is -0.0312. The highest BCUT2D eigenvalue weighted by Crippen LogP contribution is 2.24. The van der Waals surface area contributed by atoms with Crippen molar-refractivity contribution in [3.63, 3.8) is 0 Å². The number of amides is 1. The number of carbonyl (C=O) groups is 2. The molecule has 6 heteroatoms. The normalized spacial score (nSPS) is 10.2. The van der Waals surface area contributed by atoms with E-state index in [1.807, 2.05) is 0 Å². The van der Waals surface area contributed by atoms with Crippen LogP contribution in [-0.4, -0.2) is 25.4 Å². The third-order valence-corrected chi connectivity index (χ3v) is 3.65. The molecule has 0 atom stereocenters. The van der Waals surface area contributed by atoms with Gasteiger partial charge in [0.2, 0.25) is 0 Å². The molecule has 0 fully saturated rings. The monoisotopic (exact) mass is 345 g/mol. The third kappa shape index (κ3) is 5.04. The Hall–Kier alpha value is -2.89. The third-order valence-electron chi connectivity index (χ3n) is 3.65. The van der Waals surface area contributed by atoms with Gasteiger partial charge in [-0.25, -0.2) is 4.39 Å². The number of carbonyl (C=O) groups excluding carboxylic acids is 2. The summed E-state index contributed by atoms with van der Waals surface area (Å²) < 4.78 is 24.0. The van der Waals surface area contributed by atoms with Gasteiger partial charge in [-0.3, -0.25) is 9.59 Å². The zero-order valence-corrected chi connectivity index (χ0v) is 14.4. The van der Waals surface area contributed by atoms with Gasteiger partial charge >= 0.3 is 0 Å². The van der Waals surface area contributed by atoms with Gasteiger partial charge in [-0.05, 0) is 49.2 Å². The van der Waals surface area contributed by atoms with Gasteiger partial charge in [-0.15, -0.1) is 0 Å². The van der Waals surface area contributed by atoms with Crippen LogP contribution in [0.2, 0.25) is 0 Å². The van der Waals surface area contributed by atoms with E-state index in [-0.39, 0.29) is 30.7 Å². The summed E-state index contributed by atoms with van der Waals surface area (Å²) in [5.41, 5.74) is 1.55. The highest BCUT2D eigenvalue weighted by Gasteiger charge is 2.12. The molecule has 132 valence electrons. The quantitative estimate of drug-likeness (QED) is 0.784. The standard InChI is InChI=1S/C19H20FNO4/c1-12-4-5-14(8-17(12)20)10-21-19(23)11-25-18-7-6-15(24-3)9-16(18)13(2)22/h4-9H,10-11H2,1-3H3,(H,21,23). The Morgan fingerprint density at radius 3 is 2.56 bits per heavy atom. The Labute approximate surface area is 145 Å². The molecule has 0 aromatic heterocycles. The Kier molecular flexibility index (Phi) is 6.11. The van der Waals surface area contributed by atoms with E-state index in [4.69, 9.17) is 9.47 Å². The van der Waals surface area contributed by atoms with E-state index < -0.39 is 0 Å². The maximum atomic E-state index is 13.5. The molecule has 0 saturated carbocycles. The van der Waals surface area contributed by atoms with Crippen LogP contribution in [0, 0.1) is 12.7 Å². The van der Waals surface area contributed by atoms with Crippen LogP contribution >= 0.6 is 0 Å². The molecule has 0 aliphatic carbocycles. The molecule has 25 heavy (non-hydrogen) atoms. The molecule has 2 aromatic carbocycles. The van der Waals surface area contributed by atoms with Gasteiger partial charge < -0.3 is 14.8 Å². The van der Waals surface area contributed by atoms with E-state index in [9.17, 15) is 14.0 Å². The van der Waals surface area contributed by atoms with Crippen molar-refractivity contribution in [3.05, 3.63) is 58.9 Å². The van der Waals surface area contributed by atoms with Crippen molar-refractivity contribution in [3.8, 4) is 11.5 Å². The van der Waals surface area contributed by atoms with E-state index in [0.29, 0.717) is 28.2 Å². The SMILES string of the molecule is COc1ccc(OCC(=O)NCc2ccc(C)c(F)c2)c(C(C)=O)c1. The Bertz CT molecular complexity index is 789. The first kappa shape index (κ1) is 18.4. The second kappa shape index (κ2) is 8.28. The molecule has 0 aliphatic heterocycles. The average molecular weight is 345 g/mol. The van der Waals surface area contributed by atoms with Gasteiger partial charge in [0.05, 0.1) is 12.7 Å². The number of aryl methyl sites for hydroxylation is 1. The average Bonchev–Trinajstić information content (AvgIpc) is 2.60. The van der Waals surface area contributed by atoms with Crippen LogP contribution in [0.4, 0.5) is 4.39 Å². The van der Waals surface area contributed by atoms with E-state index in [1.165, 1.54) is 20.1 Å². The van der Waals surface area contributed by atoms with Crippen LogP contribution in [0.1, 0.15) is 28.4 Å². The summed E-state index contributed by atoms with van der Waals surface area (Å²) in [6, 6.07) is 9.58. The number of rotatable bonds is 7. The number of halogens is 1. The fourth-order valence-electron chi connectivity index (χ4n) is 2.18. The molecule has 2 rings (SSSR count). The molecule has 5 nitrogen and oxygen atoms in total. The van der Waals surface area contributed by atoms with Crippen molar-refractivity contribution < 1.29 is 23.5 Å². The summed E-state index contributed by atoms with van der Waals surface area (Å²) in [7, 11) is 1.50. The first-order valence-corrected chi connectivity index (χ1v) is 7.74. The summed E-state index contributed by atoms with van der Waals surface area (Å²) in [6.45, 7) is 3.03. The Morgan fingerprint density at radius 1 is 1.16 bits per heavy atom. The zero-order chi connectivity index (χ0) is 18.4.